The van der Waals surface area contributed by atoms with Gasteiger partial charge in [-0.25, -0.2) is 0 Å². The van der Waals surface area contributed by atoms with E-state index >= 15 is 0 Å². The zero-order valence-corrected chi connectivity index (χ0v) is 14.8. The first-order valence-corrected chi connectivity index (χ1v) is 9.24. The molecule has 0 amide bonds. The molecule has 0 aliphatic heterocycles. The molecular weight excluding hydrogens is 242 g/mol. The molecule has 1 rings (SSSR count). The van der Waals surface area contributed by atoms with Crippen molar-refractivity contribution in [3.8, 4) is 0 Å². The normalized spacial score (nSPS) is 25.4. The summed E-state index contributed by atoms with van der Waals surface area (Å²) in [4.78, 5) is 0. The van der Waals surface area contributed by atoms with Gasteiger partial charge in [0.2, 0.25) is 0 Å². The monoisotopic (exact) mass is 281 g/mol. The van der Waals surface area contributed by atoms with Crippen molar-refractivity contribution in [2.75, 3.05) is 6.54 Å². The Morgan fingerprint density at radius 3 is 1.95 bits per heavy atom. The highest BCUT2D eigenvalue weighted by molar-refractivity contribution is 4.80. The Morgan fingerprint density at radius 2 is 1.40 bits per heavy atom. The van der Waals surface area contributed by atoms with Crippen LogP contribution in [0.5, 0.6) is 0 Å². The molecule has 0 radical (unpaired) electrons. The van der Waals surface area contributed by atoms with Crippen molar-refractivity contribution in [1.29, 1.82) is 0 Å². The van der Waals surface area contributed by atoms with Gasteiger partial charge in [0.15, 0.2) is 0 Å². The van der Waals surface area contributed by atoms with Gasteiger partial charge < -0.3 is 5.32 Å². The highest BCUT2D eigenvalue weighted by Gasteiger charge is 2.26. The van der Waals surface area contributed by atoms with Crippen molar-refractivity contribution >= 4 is 0 Å². The minimum absolute atomic E-state index is 0.730. The SMILES string of the molecule is CC(C)CCCCCNC(C)C1CCC(C(C)C)CC1. The van der Waals surface area contributed by atoms with E-state index < -0.39 is 0 Å². The summed E-state index contributed by atoms with van der Waals surface area (Å²) in [7, 11) is 0. The average Bonchev–Trinajstić information content (AvgIpc) is 2.42. The van der Waals surface area contributed by atoms with Crippen molar-refractivity contribution in [3.63, 3.8) is 0 Å². The predicted octanol–water partition coefficient (Wildman–Crippen LogP) is 5.64. The molecule has 1 atom stereocenters. The standard InChI is InChI=1S/C19H39N/c1-15(2)9-7-6-8-14-20-17(5)19-12-10-18(11-13-19)16(3)4/h15-20H,6-14H2,1-5H3. The smallest absolute Gasteiger partial charge is 0.00669 e. The molecule has 0 spiro atoms. The molecule has 120 valence electrons. The van der Waals surface area contributed by atoms with Crippen LogP contribution in [0.15, 0.2) is 0 Å². The lowest BCUT2D eigenvalue weighted by Gasteiger charge is -2.34. The van der Waals surface area contributed by atoms with E-state index in [0.717, 1.165) is 29.7 Å². The van der Waals surface area contributed by atoms with E-state index in [1.54, 1.807) is 0 Å². The maximum absolute atomic E-state index is 3.78. The van der Waals surface area contributed by atoms with Crippen LogP contribution in [0.1, 0.15) is 86.0 Å². The summed E-state index contributed by atoms with van der Waals surface area (Å²) in [5.74, 6) is 3.69. The fraction of sp³-hybridized carbons (Fsp3) is 1.00. The van der Waals surface area contributed by atoms with E-state index in [0.29, 0.717) is 0 Å². The van der Waals surface area contributed by atoms with Gasteiger partial charge in [-0.3, -0.25) is 0 Å². The molecule has 1 saturated carbocycles. The second-order valence-electron chi connectivity index (χ2n) is 7.90. The number of unbranched alkanes of at least 4 members (excludes halogenated alkanes) is 2. The van der Waals surface area contributed by atoms with Gasteiger partial charge in [-0.2, -0.15) is 0 Å². The van der Waals surface area contributed by atoms with E-state index in [1.165, 1.54) is 57.9 Å². The molecule has 1 aliphatic carbocycles. The van der Waals surface area contributed by atoms with Crippen LogP contribution in [-0.4, -0.2) is 12.6 Å². The van der Waals surface area contributed by atoms with Gasteiger partial charge in [-0.05, 0) is 69.2 Å². The molecule has 1 unspecified atom stereocenters. The summed E-state index contributed by atoms with van der Waals surface area (Å²) in [6, 6.07) is 0.730. The Balaban J connectivity index is 2.04. The van der Waals surface area contributed by atoms with E-state index in [-0.39, 0.29) is 0 Å². The van der Waals surface area contributed by atoms with Gasteiger partial charge in [0.1, 0.15) is 0 Å². The van der Waals surface area contributed by atoms with Gasteiger partial charge >= 0.3 is 0 Å². The van der Waals surface area contributed by atoms with Gasteiger partial charge in [0, 0.05) is 6.04 Å². The van der Waals surface area contributed by atoms with Crippen molar-refractivity contribution in [2.24, 2.45) is 23.7 Å². The Kier molecular flexibility index (Phi) is 8.84. The molecule has 1 aliphatic rings. The highest BCUT2D eigenvalue weighted by atomic mass is 14.9. The fourth-order valence-corrected chi connectivity index (χ4v) is 3.66. The van der Waals surface area contributed by atoms with Crippen molar-refractivity contribution in [2.45, 2.75) is 92.0 Å². The molecule has 0 heterocycles. The van der Waals surface area contributed by atoms with E-state index in [4.69, 9.17) is 0 Å². The first-order valence-electron chi connectivity index (χ1n) is 9.24. The fourth-order valence-electron chi connectivity index (χ4n) is 3.66. The van der Waals surface area contributed by atoms with Crippen LogP contribution in [0.25, 0.3) is 0 Å². The molecule has 20 heavy (non-hydrogen) atoms. The molecule has 1 fully saturated rings. The van der Waals surface area contributed by atoms with E-state index in [1.807, 2.05) is 0 Å². The third-order valence-corrected chi connectivity index (χ3v) is 5.39. The van der Waals surface area contributed by atoms with Crippen LogP contribution in [0, 0.1) is 23.7 Å². The van der Waals surface area contributed by atoms with Crippen LogP contribution in [-0.2, 0) is 0 Å². The molecule has 0 bridgehead atoms. The number of hydrogen-bond acceptors (Lipinski definition) is 1. The van der Waals surface area contributed by atoms with Gasteiger partial charge in [-0.15, -0.1) is 0 Å². The molecule has 0 aromatic heterocycles. The number of rotatable bonds is 9. The van der Waals surface area contributed by atoms with Crippen molar-refractivity contribution in [1.82, 2.24) is 5.32 Å². The average molecular weight is 282 g/mol. The minimum atomic E-state index is 0.730. The summed E-state index contributed by atoms with van der Waals surface area (Å²) in [5, 5.41) is 3.78. The Morgan fingerprint density at radius 1 is 0.800 bits per heavy atom. The quantitative estimate of drug-likeness (QED) is 0.539. The molecule has 1 nitrogen and oxygen atoms in total. The summed E-state index contributed by atoms with van der Waals surface area (Å²) in [6.07, 6.45) is 11.4. The van der Waals surface area contributed by atoms with Crippen molar-refractivity contribution < 1.29 is 0 Å². The molecular formula is C19H39N. The summed E-state index contributed by atoms with van der Waals surface area (Å²) >= 11 is 0. The van der Waals surface area contributed by atoms with Gasteiger partial charge in [0.05, 0.1) is 0 Å². The lowest BCUT2D eigenvalue weighted by atomic mass is 9.75. The third-order valence-electron chi connectivity index (χ3n) is 5.39. The molecule has 1 N–H and O–H groups in total. The van der Waals surface area contributed by atoms with Crippen LogP contribution < -0.4 is 5.32 Å². The lowest BCUT2D eigenvalue weighted by molar-refractivity contribution is 0.194. The number of hydrogen-bond donors (Lipinski definition) is 1. The Bertz CT molecular complexity index is 226. The Labute approximate surface area is 128 Å². The molecule has 0 saturated heterocycles. The lowest BCUT2D eigenvalue weighted by Crippen LogP contribution is -2.36. The molecule has 1 heteroatoms. The summed E-state index contributed by atoms with van der Waals surface area (Å²) < 4.78 is 0. The molecule has 0 aromatic rings. The highest BCUT2D eigenvalue weighted by Crippen LogP contribution is 2.34. The van der Waals surface area contributed by atoms with E-state index in [9.17, 15) is 0 Å². The van der Waals surface area contributed by atoms with Crippen LogP contribution >= 0.6 is 0 Å². The maximum atomic E-state index is 3.78. The van der Waals surface area contributed by atoms with Crippen LogP contribution in [0.4, 0.5) is 0 Å². The van der Waals surface area contributed by atoms with Gasteiger partial charge in [-0.1, -0.05) is 47.0 Å². The second kappa shape index (κ2) is 9.82. The summed E-state index contributed by atoms with van der Waals surface area (Å²) in [6.45, 7) is 13.1. The Hall–Kier alpha value is -0.0400. The zero-order valence-electron chi connectivity index (χ0n) is 14.8. The number of nitrogens with one attached hydrogen (secondary N) is 1. The summed E-state index contributed by atoms with van der Waals surface area (Å²) in [5.41, 5.74) is 0. The molecule has 0 aromatic carbocycles. The largest absolute Gasteiger partial charge is 0.314 e. The van der Waals surface area contributed by atoms with Crippen LogP contribution in [0.3, 0.4) is 0 Å². The van der Waals surface area contributed by atoms with Gasteiger partial charge in [0.25, 0.3) is 0 Å². The predicted molar refractivity (Wildman–Crippen MR) is 91.1 cm³/mol. The van der Waals surface area contributed by atoms with Crippen molar-refractivity contribution in [3.05, 3.63) is 0 Å². The third kappa shape index (κ3) is 7.11. The topological polar surface area (TPSA) is 12.0 Å². The minimum Gasteiger partial charge on any atom is -0.314 e. The zero-order chi connectivity index (χ0) is 15.0. The first kappa shape index (κ1) is 18.0. The second-order valence-corrected chi connectivity index (χ2v) is 7.90. The maximum Gasteiger partial charge on any atom is 0.00669 e. The van der Waals surface area contributed by atoms with Crippen LogP contribution in [0.2, 0.25) is 0 Å². The first-order chi connectivity index (χ1) is 9.50. The van der Waals surface area contributed by atoms with E-state index in [2.05, 4.69) is 39.9 Å².